The fraction of sp³-hybridized carbons (Fsp3) is 0.467. The van der Waals surface area contributed by atoms with E-state index in [0.29, 0.717) is 11.4 Å². The molecule has 1 fully saturated rings. The Bertz CT molecular complexity index is 695. The Kier molecular flexibility index (Phi) is 3.79. The van der Waals surface area contributed by atoms with Gasteiger partial charge in [0.25, 0.3) is 5.91 Å². The summed E-state index contributed by atoms with van der Waals surface area (Å²) >= 11 is 0. The summed E-state index contributed by atoms with van der Waals surface area (Å²) in [7, 11) is 3.64. The molecular formula is C15H20N6O. The lowest BCUT2D eigenvalue weighted by Crippen LogP contribution is -2.31. The highest BCUT2D eigenvalue weighted by Crippen LogP contribution is 2.32. The van der Waals surface area contributed by atoms with Crippen molar-refractivity contribution in [1.82, 2.24) is 24.6 Å². The summed E-state index contributed by atoms with van der Waals surface area (Å²) in [6, 6.07) is 1.92. The highest BCUT2D eigenvalue weighted by Gasteiger charge is 2.32. The van der Waals surface area contributed by atoms with Crippen molar-refractivity contribution in [1.29, 1.82) is 0 Å². The van der Waals surface area contributed by atoms with Crippen molar-refractivity contribution in [3.8, 4) is 0 Å². The molecule has 0 aliphatic carbocycles. The average molecular weight is 300 g/mol. The molecule has 3 heterocycles. The van der Waals surface area contributed by atoms with Gasteiger partial charge in [-0.1, -0.05) is 0 Å². The smallest absolute Gasteiger partial charge is 0.257 e. The molecule has 1 atom stereocenters. The maximum atomic E-state index is 12.7. The average Bonchev–Trinajstić information content (AvgIpc) is 3.14. The van der Waals surface area contributed by atoms with E-state index in [4.69, 9.17) is 0 Å². The predicted octanol–water partition coefficient (Wildman–Crippen LogP) is 1.54. The minimum absolute atomic E-state index is 0.00139. The summed E-state index contributed by atoms with van der Waals surface area (Å²) in [6.07, 6.45) is 5.27. The van der Waals surface area contributed by atoms with Crippen molar-refractivity contribution >= 4 is 11.7 Å². The van der Waals surface area contributed by atoms with Crippen molar-refractivity contribution in [3.05, 3.63) is 35.5 Å². The van der Waals surface area contributed by atoms with Gasteiger partial charge in [0.05, 0.1) is 23.5 Å². The van der Waals surface area contributed by atoms with Crippen LogP contribution in [0, 0.1) is 6.92 Å². The molecule has 0 aromatic carbocycles. The second kappa shape index (κ2) is 5.75. The van der Waals surface area contributed by atoms with Crippen LogP contribution in [-0.4, -0.2) is 44.1 Å². The van der Waals surface area contributed by atoms with Gasteiger partial charge >= 0.3 is 0 Å². The molecule has 1 amide bonds. The van der Waals surface area contributed by atoms with Crippen LogP contribution >= 0.6 is 0 Å². The molecule has 0 unspecified atom stereocenters. The van der Waals surface area contributed by atoms with Gasteiger partial charge in [-0.2, -0.15) is 5.10 Å². The Morgan fingerprint density at radius 1 is 1.41 bits per heavy atom. The lowest BCUT2D eigenvalue weighted by Gasteiger charge is -2.24. The molecule has 2 aromatic heterocycles. The molecule has 1 aliphatic heterocycles. The molecule has 0 bridgehead atoms. The van der Waals surface area contributed by atoms with Crippen molar-refractivity contribution in [2.75, 3.05) is 18.9 Å². The first-order valence-electron chi connectivity index (χ1n) is 7.41. The van der Waals surface area contributed by atoms with Crippen LogP contribution in [0.3, 0.4) is 0 Å². The standard InChI is InChI=1S/C15H20N6O/c1-10-18-12(7-14(16-2)19-10)13-5-4-6-21(13)15(22)11-8-17-20(3)9-11/h7-9,13H,4-6H2,1-3H3,(H,16,18,19)/t13-/m0/s1. The number of likely N-dealkylation sites (tertiary alicyclic amines) is 1. The van der Waals surface area contributed by atoms with E-state index in [-0.39, 0.29) is 11.9 Å². The Balaban J connectivity index is 1.90. The lowest BCUT2D eigenvalue weighted by atomic mass is 10.1. The highest BCUT2D eigenvalue weighted by molar-refractivity contribution is 5.94. The molecule has 0 saturated carbocycles. The number of aromatic nitrogens is 4. The van der Waals surface area contributed by atoms with Crippen LogP contribution in [0.1, 0.15) is 40.8 Å². The Morgan fingerprint density at radius 3 is 2.91 bits per heavy atom. The summed E-state index contributed by atoms with van der Waals surface area (Å²) in [6.45, 7) is 2.61. The molecular weight excluding hydrogens is 280 g/mol. The zero-order valence-corrected chi connectivity index (χ0v) is 13.1. The number of nitrogens with zero attached hydrogens (tertiary/aromatic N) is 5. The molecule has 1 aliphatic rings. The van der Waals surface area contributed by atoms with E-state index >= 15 is 0 Å². The summed E-state index contributed by atoms with van der Waals surface area (Å²) in [5.41, 5.74) is 1.51. The quantitative estimate of drug-likeness (QED) is 0.930. The van der Waals surface area contributed by atoms with Gasteiger partial charge in [0.15, 0.2) is 0 Å². The number of anilines is 1. The van der Waals surface area contributed by atoms with E-state index in [9.17, 15) is 4.79 Å². The SMILES string of the molecule is CNc1cc([C@@H]2CCCN2C(=O)c2cnn(C)c2)nc(C)n1. The normalized spacial score (nSPS) is 17.8. The van der Waals surface area contributed by atoms with Crippen LogP contribution in [0.25, 0.3) is 0 Å². The van der Waals surface area contributed by atoms with Gasteiger partial charge in [0.2, 0.25) is 0 Å². The van der Waals surface area contributed by atoms with Crippen LogP contribution in [0.4, 0.5) is 5.82 Å². The first-order valence-corrected chi connectivity index (χ1v) is 7.41. The van der Waals surface area contributed by atoms with Gasteiger partial charge in [-0.05, 0) is 19.8 Å². The number of aryl methyl sites for hydroxylation is 2. The summed E-state index contributed by atoms with van der Waals surface area (Å²) in [5.74, 6) is 1.50. The first-order chi connectivity index (χ1) is 10.6. The van der Waals surface area contributed by atoms with Crippen molar-refractivity contribution in [2.24, 2.45) is 7.05 Å². The molecule has 7 heteroatoms. The fourth-order valence-electron chi connectivity index (χ4n) is 2.90. The molecule has 22 heavy (non-hydrogen) atoms. The number of rotatable bonds is 3. The monoisotopic (exact) mass is 300 g/mol. The molecule has 1 N–H and O–H groups in total. The number of hydrogen-bond donors (Lipinski definition) is 1. The topological polar surface area (TPSA) is 75.9 Å². The van der Waals surface area contributed by atoms with Crippen molar-refractivity contribution in [3.63, 3.8) is 0 Å². The predicted molar refractivity (Wildman–Crippen MR) is 82.5 cm³/mol. The van der Waals surface area contributed by atoms with Crippen LogP contribution in [-0.2, 0) is 7.05 Å². The zero-order valence-electron chi connectivity index (χ0n) is 13.1. The number of carbonyl (C=O) groups is 1. The Morgan fingerprint density at radius 2 is 2.23 bits per heavy atom. The number of amides is 1. The molecule has 2 aromatic rings. The van der Waals surface area contributed by atoms with Gasteiger partial charge in [-0.3, -0.25) is 9.48 Å². The third kappa shape index (κ3) is 2.66. The fourth-order valence-corrected chi connectivity index (χ4v) is 2.90. The van der Waals surface area contributed by atoms with E-state index in [1.54, 1.807) is 17.1 Å². The second-order valence-electron chi connectivity index (χ2n) is 5.53. The van der Waals surface area contributed by atoms with E-state index < -0.39 is 0 Å². The molecule has 7 nitrogen and oxygen atoms in total. The number of nitrogens with one attached hydrogen (secondary N) is 1. The van der Waals surface area contributed by atoms with E-state index in [0.717, 1.165) is 30.9 Å². The summed E-state index contributed by atoms with van der Waals surface area (Å²) < 4.78 is 1.65. The number of hydrogen-bond acceptors (Lipinski definition) is 5. The summed E-state index contributed by atoms with van der Waals surface area (Å²) in [4.78, 5) is 23.4. The Labute approximate surface area is 129 Å². The minimum Gasteiger partial charge on any atom is -0.373 e. The van der Waals surface area contributed by atoms with Crippen LogP contribution in [0.15, 0.2) is 18.5 Å². The third-order valence-corrected chi connectivity index (χ3v) is 3.92. The minimum atomic E-state index is 0.00139. The largest absolute Gasteiger partial charge is 0.373 e. The second-order valence-corrected chi connectivity index (χ2v) is 5.53. The van der Waals surface area contributed by atoms with Gasteiger partial charge in [0, 0.05) is 32.9 Å². The summed E-state index contributed by atoms with van der Waals surface area (Å²) in [5, 5.41) is 7.12. The van der Waals surface area contributed by atoms with Crippen molar-refractivity contribution < 1.29 is 4.79 Å². The maximum Gasteiger partial charge on any atom is 0.257 e. The lowest BCUT2D eigenvalue weighted by molar-refractivity contribution is 0.0732. The van der Waals surface area contributed by atoms with Crippen LogP contribution < -0.4 is 5.32 Å². The first kappa shape index (κ1) is 14.5. The van der Waals surface area contributed by atoms with Crippen LogP contribution in [0.5, 0.6) is 0 Å². The van der Waals surface area contributed by atoms with Crippen molar-refractivity contribution in [2.45, 2.75) is 25.8 Å². The van der Waals surface area contributed by atoms with Gasteiger partial charge in [-0.15, -0.1) is 0 Å². The van der Waals surface area contributed by atoms with E-state index in [1.807, 2.05) is 32.0 Å². The molecule has 116 valence electrons. The maximum absolute atomic E-state index is 12.7. The Hall–Kier alpha value is -2.44. The van der Waals surface area contributed by atoms with Gasteiger partial charge in [-0.25, -0.2) is 9.97 Å². The van der Waals surface area contributed by atoms with E-state index in [2.05, 4.69) is 20.4 Å². The highest BCUT2D eigenvalue weighted by atomic mass is 16.2. The molecule has 3 rings (SSSR count). The van der Waals surface area contributed by atoms with Gasteiger partial charge in [0.1, 0.15) is 11.6 Å². The number of carbonyl (C=O) groups excluding carboxylic acids is 1. The van der Waals surface area contributed by atoms with Gasteiger partial charge < -0.3 is 10.2 Å². The van der Waals surface area contributed by atoms with E-state index in [1.165, 1.54) is 0 Å². The molecule has 0 radical (unpaired) electrons. The molecule has 1 saturated heterocycles. The molecule has 0 spiro atoms. The third-order valence-electron chi connectivity index (χ3n) is 3.92. The van der Waals surface area contributed by atoms with Crippen LogP contribution in [0.2, 0.25) is 0 Å². The zero-order chi connectivity index (χ0) is 15.7.